The molecule has 1 aromatic carbocycles. The van der Waals surface area contributed by atoms with Crippen LogP contribution in [0.25, 0.3) is 0 Å². The van der Waals surface area contributed by atoms with Crippen molar-refractivity contribution in [3.05, 3.63) is 66.4 Å². The number of ether oxygens (including phenoxy) is 2. The summed E-state index contributed by atoms with van der Waals surface area (Å²) in [6, 6.07) is 12.0. The largest absolute Gasteiger partial charge is 0.486 e. The number of anilines is 1. The zero-order chi connectivity index (χ0) is 23.5. The van der Waals surface area contributed by atoms with Gasteiger partial charge in [0, 0.05) is 44.1 Å². The van der Waals surface area contributed by atoms with Crippen LogP contribution < -0.4 is 14.8 Å². The Morgan fingerprint density at radius 3 is 2.32 bits per heavy atom. The molecule has 10 heteroatoms. The molecule has 2 aliphatic heterocycles. The Labute approximate surface area is 195 Å². The summed E-state index contributed by atoms with van der Waals surface area (Å²) >= 11 is 0. The van der Waals surface area contributed by atoms with Crippen LogP contribution in [0.3, 0.4) is 0 Å². The average Bonchev–Trinajstić information content (AvgIpc) is 3.56. The maximum absolute atomic E-state index is 13.1. The average molecular weight is 464 g/mol. The van der Waals surface area contributed by atoms with Gasteiger partial charge in [0.2, 0.25) is 5.91 Å². The molecule has 0 spiro atoms. The molecule has 3 aromatic rings. The lowest BCUT2D eigenvalue weighted by molar-refractivity contribution is -0.116. The first-order valence-electron chi connectivity index (χ1n) is 11.1. The van der Waals surface area contributed by atoms with E-state index in [1.807, 2.05) is 0 Å². The summed E-state index contributed by atoms with van der Waals surface area (Å²) in [6.07, 6.45) is 3.17. The van der Waals surface area contributed by atoms with Crippen molar-refractivity contribution in [2.45, 2.75) is 6.54 Å². The number of fused-ring (bicyclic) bond motifs is 1. The molecule has 176 valence electrons. The number of benzene rings is 1. The summed E-state index contributed by atoms with van der Waals surface area (Å²) in [5.41, 5.74) is 1.01. The predicted octanol–water partition coefficient (Wildman–Crippen LogP) is 2.09. The minimum atomic E-state index is -0.268. The zero-order valence-electron chi connectivity index (χ0n) is 18.4. The lowest BCUT2D eigenvalue weighted by Gasteiger charge is -2.34. The second kappa shape index (κ2) is 9.34. The molecule has 3 amide bonds. The monoisotopic (exact) mass is 464 g/mol. The van der Waals surface area contributed by atoms with E-state index in [0.29, 0.717) is 62.3 Å². The van der Waals surface area contributed by atoms with E-state index in [1.54, 1.807) is 63.0 Å². The van der Waals surface area contributed by atoms with Crippen molar-refractivity contribution in [3.63, 3.8) is 0 Å². The van der Waals surface area contributed by atoms with Crippen LogP contribution in [0.4, 0.5) is 5.69 Å². The number of aromatic nitrogens is 1. The first-order valence-corrected chi connectivity index (χ1v) is 11.1. The van der Waals surface area contributed by atoms with Crippen molar-refractivity contribution in [2.24, 2.45) is 0 Å². The van der Waals surface area contributed by atoms with E-state index >= 15 is 0 Å². The molecule has 10 nitrogen and oxygen atoms in total. The van der Waals surface area contributed by atoms with Crippen LogP contribution in [0.1, 0.15) is 21.0 Å². The van der Waals surface area contributed by atoms with E-state index in [-0.39, 0.29) is 30.0 Å². The fourth-order valence-corrected chi connectivity index (χ4v) is 4.05. The van der Waals surface area contributed by atoms with Crippen LogP contribution >= 0.6 is 0 Å². The van der Waals surface area contributed by atoms with Crippen molar-refractivity contribution < 1.29 is 28.3 Å². The zero-order valence-corrected chi connectivity index (χ0v) is 18.4. The lowest BCUT2D eigenvalue weighted by atomic mass is 10.2. The molecule has 4 heterocycles. The van der Waals surface area contributed by atoms with Gasteiger partial charge in [-0.1, -0.05) is 0 Å². The maximum atomic E-state index is 13.1. The first-order chi connectivity index (χ1) is 16.6. The summed E-state index contributed by atoms with van der Waals surface area (Å²) in [4.78, 5) is 41.6. The van der Waals surface area contributed by atoms with Crippen molar-refractivity contribution in [3.8, 4) is 11.5 Å². The van der Waals surface area contributed by atoms with Gasteiger partial charge in [0.05, 0.1) is 6.26 Å². The molecular weight excluding hydrogens is 440 g/mol. The van der Waals surface area contributed by atoms with Gasteiger partial charge in [-0.3, -0.25) is 14.4 Å². The van der Waals surface area contributed by atoms with Gasteiger partial charge in [0.15, 0.2) is 17.3 Å². The van der Waals surface area contributed by atoms with Crippen LogP contribution in [0.15, 0.2) is 59.3 Å². The molecule has 1 saturated heterocycles. The Balaban J connectivity index is 1.18. The van der Waals surface area contributed by atoms with Gasteiger partial charge in [-0.2, -0.15) is 0 Å². The Morgan fingerprint density at radius 2 is 1.59 bits per heavy atom. The lowest BCUT2D eigenvalue weighted by Crippen LogP contribution is -2.50. The van der Waals surface area contributed by atoms with Gasteiger partial charge in [0.1, 0.15) is 25.5 Å². The number of carbonyl (C=O) groups excluding carboxylic acids is 3. The molecule has 0 saturated carbocycles. The van der Waals surface area contributed by atoms with E-state index in [0.717, 1.165) is 0 Å². The Hall–Kier alpha value is -4.21. The third-order valence-corrected chi connectivity index (χ3v) is 5.77. The number of hydrogen-bond donors (Lipinski definition) is 1. The van der Waals surface area contributed by atoms with Crippen molar-refractivity contribution in [1.29, 1.82) is 0 Å². The van der Waals surface area contributed by atoms with Gasteiger partial charge in [0.25, 0.3) is 11.8 Å². The number of nitrogens with zero attached hydrogens (tertiary/aromatic N) is 3. The summed E-state index contributed by atoms with van der Waals surface area (Å²) in [6.45, 7) is 2.58. The molecule has 0 bridgehead atoms. The molecule has 5 rings (SSSR count). The highest BCUT2D eigenvalue weighted by molar-refractivity contribution is 5.95. The first kappa shape index (κ1) is 21.6. The molecule has 2 aliphatic rings. The standard InChI is InChI=1S/C24H24N4O6/c29-22(25-17-5-6-19-21(15-17)34-14-13-33-19)16-28-7-1-3-18(28)23(30)26-8-10-27(11-9-26)24(31)20-4-2-12-32-20/h1-7,12,15H,8-11,13-14,16H2,(H,25,29). The molecular formula is C24H24N4O6. The number of rotatable bonds is 5. The van der Waals surface area contributed by atoms with Crippen LogP contribution in [-0.2, 0) is 11.3 Å². The Bertz CT molecular complexity index is 1190. The molecule has 34 heavy (non-hydrogen) atoms. The number of amides is 3. The number of nitrogens with one attached hydrogen (secondary N) is 1. The van der Waals surface area contributed by atoms with E-state index < -0.39 is 0 Å². The second-order valence-corrected chi connectivity index (χ2v) is 7.99. The quantitative estimate of drug-likeness (QED) is 0.620. The molecule has 1 fully saturated rings. The van der Waals surface area contributed by atoms with Crippen molar-refractivity contribution in [1.82, 2.24) is 14.4 Å². The second-order valence-electron chi connectivity index (χ2n) is 7.99. The number of carbonyl (C=O) groups is 3. The van der Waals surface area contributed by atoms with Gasteiger partial charge in [-0.15, -0.1) is 0 Å². The van der Waals surface area contributed by atoms with E-state index in [2.05, 4.69) is 5.32 Å². The van der Waals surface area contributed by atoms with Crippen LogP contribution in [-0.4, -0.2) is 71.5 Å². The molecule has 1 N–H and O–H groups in total. The van der Waals surface area contributed by atoms with Gasteiger partial charge < -0.3 is 33.6 Å². The fourth-order valence-electron chi connectivity index (χ4n) is 4.05. The van der Waals surface area contributed by atoms with Crippen molar-refractivity contribution in [2.75, 3.05) is 44.7 Å². The highest BCUT2D eigenvalue weighted by Gasteiger charge is 2.28. The number of hydrogen-bond acceptors (Lipinski definition) is 6. The van der Waals surface area contributed by atoms with E-state index in [1.165, 1.54) is 6.26 Å². The third kappa shape index (κ3) is 4.47. The van der Waals surface area contributed by atoms with E-state index in [9.17, 15) is 14.4 Å². The molecule has 0 radical (unpaired) electrons. The highest BCUT2D eigenvalue weighted by atomic mass is 16.6. The van der Waals surface area contributed by atoms with E-state index in [4.69, 9.17) is 13.9 Å². The minimum Gasteiger partial charge on any atom is -0.486 e. The third-order valence-electron chi connectivity index (χ3n) is 5.77. The molecule has 0 atom stereocenters. The summed E-state index contributed by atoms with van der Waals surface area (Å²) in [5, 5.41) is 2.83. The van der Waals surface area contributed by atoms with Crippen LogP contribution in [0, 0.1) is 0 Å². The van der Waals surface area contributed by atoms with Gasteiger partial charge in [-0.05, 0) is 36.4 Å². The summed E-state index contributed by atoms with van der Waals surface area (Å²) < 4.78 is 17.8. The molecule has 0 unspecified atom stereocenters. The maximum Gasteiger partial charge on any atom is 0.289 e. The van der Waals surface area contributed by atoms with Crippen molar-refractivity contribution >= 4 is 23.4 Å². The molecule has 2 aromatic heterocycles. The normalized spacial score (nSPS) is 15.2. The number of piperazine rings is 1. The smallest absolute Gasteiger partial charge is 0.289 e. The minimum absolute atomic E-state index is 0.0144. The SMILES string of the molecule is O=C(Cn1cccc1C(=O)N1CCN(C(=O)c2ccco2)CC1)Nc1ccc2c(c1)OCCO2. The highest BCUT2D eigenvalue weighted by Crippen LogP contribution is 2.32. The van der Waals surface area contributed by atoms with Crippen LogP contribution in [0.5, 0.6) is 11.5 Å². The van der Waals surface area contributed by atoms with Crippen LogP contribution in [0.2, 0.25) is 0 Å². The molecule has 0 aliphatic carbocycles. The summed E-state index contributed by atoms with van der Waals surface area (Å²) in [5.74, 6) is 0.894. The Kier molecular flexibility index (Phi) is 5.94. The fraction of sp³-hybridized carbons (Fsp3) is 0.292. The van der Waals surface area contributed by atoms with Gasteiger partial charge >= 0.3 is 0 Å². The summed E-state index contributed by atoms with van der Waals surface area (Å²) in [7, 11) is 0. The predicted molar refractivity (Wildman–Crippen MR) is 121 cm³/mol. The number of furan rings is 1. The van der Waals surface area contributed by atoms with Gasteiger partial charge in [-0.25, -0.2) is 0 Å². The topological polar surface area (TPSA) is 106 Å². The Morgan fingerprint density at radius 1 is 0.853 bits per heavy atom.